The molecular weight excluding hydrogens is 268 g/mol. The average molecular weight is 291 g/mol. The Hall–Kier alpha value is -2.01. The van der Waals surface area contributed by atoms with E-state index >= 15 is 0 Å². The quantitative estimate of drug-likeness (QED) is 0.401. The number of hydrogen-bond donors (Lipinski definition) is 1. The summed E-state index contributed by atoms with van der Waals surface area (Å²) in [5.41, 5.74) is 2.60. The highest BCUT2D eigenvalue weighted by Crippen LogP contribution is 2.27. The fraction of sp³-hybridized carbons (Fsp3) is 0.438. The zero-order valence-corrected chi connectivity index (χ0v) is 13.1. The van der Waals surface area contributed by atoms with Crippen molar-refractivity contribution in [2.45, 2.75) is 13.5 Å². The largest absolute Gasteiger partial charge is 0.506 e. The van der Waals surface area contributed by atoms with Gasteiger partial charge in [-0.1, -0.05) is 12.1 Å². The SMILES string of the molecule is C/C(O)=C1\C(=O)OCC[N+]1(C)Cc1ccc(N(C)C)cc1. The van der Waals surface area contributed by atoms with Crippen LogP contribution in [-0.2, 0) is 16.1 Å². The molecule has 1 heterocycles. The molecule has 0 saturated carbocycles. The van der Waals surface area contributed by atoms with Gasteiger partial charge in [0.25, 0.3) is 5.70 Å². The second kappa shape index (κ2) is 5.77. The van der Waals surface area contributed by atoms with Crippen LogP contribution in [0.1, 0.15) is 12.5 Å². The standard InChI is InChI=1S/C16H22N2O3/c1-12(19)15-16(20)21-10-9-18(15,4)11-13-5-7-14(8-6-13)17(2)3/h5-8H,9-11H2,1-4H3/p+1. The Morgan fingerprint density at radius 3 is 2.48 bits per heavy atom. The van der Waals surface area contributed by atoms with Gasteiger partial charge in [-0.05, 0) is 19.1 Å². The predicted octanol–water partition coefficient (Wildman–Crippen LogP) is 2.05. The van der Waals surface area contributed by atoms with Crippen LogP contribution in [0.15, 0.2) is 35.7 Å². The minimum atomic E-state index is -0.423. The van der Waals surface area contributed by atoms with Gasteiger partial charge < -0.3 is 14.7 Å². The number of quaternary nitrogens is 1. The molecule has 0 bridgehead atoms. The molecule has 21 heavy (non-hydrogen) atoms. The normalized spacial score (nSPS) is 24.5. The summed E-state index contributed by atoms with van der Waals surface area (Å²) in [6.07, 6.45) is 0. The van der Waals surface area contributed by atoms with Crippen molar-refractivity contribution in [1.29, 1.82) is 0 Å². The van der Waals surface area contributed by atoms with Crippen molar-refractivity contribution in [2.24, 2.45) is 0 Å². The molecule has 0 spiro atoms. The molecule has 5 heteroatoms. The number of rotatable bonds is 3. The molecule has 1 aromatic carbocycles. The molecule has 1 saturated heterocycles. The van der Waals surface area contributed by atoms with Crippen molar-refractivity contribution in [2.75, 3.05) is 39.2 Å². The first-order valence-electron chi connectivity index (χ1n) is 7.02. The number of morpholine rings is 1. The van der Waals surface area contributed by atoms with Gasteiger partial charge in [-0.25, -0.2) is 4.79 Å². The van der Waals surface area contributed by atoms with E-state index in [2.05, 4.69) is 24.3 Å². The fourth-order valence-electron chi connectivity index (χ4n) is 2.74. The van der Waals surface area contributed by atoms with Crippen LogP contribution in [0.2, 0.25) is 0 Å². The number of aliphatic hydroxyl groups is 1. The summed E-state index contributed by atoms with van der Waals surface area (Å²) in [5.74, 6) is -0.388. The number of anilines is 1. The second-order valence-corrected chi connectivity index (χ2v) is 5.91. The number of cyclic esters (lactones) is 1. The van der Waals surface area contributed by atoms with Crippen molar-refractivity contribution >= 4 is 11.7 Å². The maximum Gasteiger partial charge on any atom is 0.396 e. The fourth-order valence-corrected chi connectivity index (χ4v) is 2.74. The number of likely N-dealkylation sites (N-methyl/N-ethyl adjacent to an activating group) is 1. The van der Waals surface area contributed by atoms with E-state index in [9.17, 15) is 9.90 Å². The lowest BCUT2D eigenvalue weighted by molar-refractivity contribution is -0.887. The van der Waals surface area contributed by atoms with E-state index in [0.29, 0.717) is 29.9 Å². The average Bonchev–Trinajstić information content (AvgIpc) is 2.38. The van der Waals surface area contributed by atoms with Gasteiger partial charge >= 0.3 is 5.97 Å². The maximum atomic E-state index is 11.9. The Balaban J connectivity index is 2.27. The van der Waals surface area contributed by atoms with Gasteiger partial charge in [0.1, 0.15) is 19.7 Å². The first-order valence-corrected chi connectivity index (χ1v) is 7.02. The predicted molar refractivity (Wildman–Crippen MR) is 81.8 cm³/mol. The minimum Gasteiger partial charge on any atom is -0.506 e. The van der Waals surface area contributed by atoms with Crippen LogP contribution in [0, 0.1) is 0 Å². The Labute approximate surface area is 125 Å². The van der Waals surface area contributed by atoms with Gasteiger partial charge in [0.15, 0.2) is 5.76 Å². The molecule has 114 valence electrons. The molecule has 1 unspecified atom stereocenters. The van der Waals surface area contributed by atoms with E-state index in [-0.39, 0.29) is 5.76 Å². The van der Waals surface area contributed by atoms with Crippen LogP contribution >= 0.6 is 0 Å². The smallest absolute Gasteiger partial charge is 0.396 e. The Morgan fingerprint density at radius 1 is 1.33 bits per heavy atom. The lowest BCUT2D eigenvalue weighted by Crippen LogP contribution is -2.51. The monoisotopic (exact) mass is 291 g/mol. The van der Waals surface area contributed by atoms with E-state index in [1.807, 2.05) is 26.0 Å². The minimum absolute atomic E-state index is 0.0344. The number of carbonyl (C=O) groups is 1. The highest BCUT2D eigenvalue weighted by Gasteiger charge is 2.40. The molecular formula is C16H23N2O3+. The summed E-state index contributed by atoms with van der Waals surface area (Å²) in [4.78, 5) is 14.0. The molecule has 2 rings (SSSR count). The molecule has 0 amide bonds. The number of carbonyl (C=O) groups excluding carboxylic acids is 1. The van der Waals surface area contributed by atoms with Crippen LogP contribution in [0.5, 0.6) is 0 Å². The molecule has 1 N–H and O–H groups in total. The Morgan fingerprint density at radius 2 is 1.95 bits per heavy atom. The first kappa shape index (κ1) is 15.4. The highest BCUT2D eigenvalue weighted by molar-refractivity contribution is 5.86. The van der Waals surface area contributed by atoms with Gasteiger partial charge in [0, 0.05) is 25.3 Å². The zero-order chi connectivity index (χ0) is 15.6. The summed E-state index contributed by atoms with van der Waals surface area (Å²) in [6, 6.07) is 8.23. The lowest BCUT2D eigenvalue weighted by Gasteiger charge is -2.37. The van der Waals surface area contributed by atoms with Crippen LogP contribution in [0.25, 0.3) is 0 Å². The third-order valence-electron chi connectivity index (χ3n) is 3.88. The summed E-state index contributed by atoms with van der Waals surface area (Å²) in [5, 5.41) is 9.83. The van der Waals surface area contributed by atoms with Crippen molar-refractivity contribution in [3.05, 3.63) is 41.3 Å². The molecule has 1 aliphatic rings. The van der Waals surface area contributed by atoms with E-state index in [1.165, 1.54) is 6.92 Å². The number of benzene rings is 1. The molecule has 1 aromatic rings. The number of nitrogens with zero attached hydrogens (tertiary/aromatic N) is 2. The zero-order valence-electron chi connectivity index (χ0n) is 13.1. The van der Waals surface area contributed by atoms with Gasteiger partial charge in [0.2, 0.25) is 0 Å². The van der Waals surface area contributed by atoms with Crippen molar-refractivity contribution in [3.63, 3.8) is 0 Å². The number of allylic oxidation sites excluding steroid dienone is 1. The number of hydrogen-bond acceptors (Lipinski definition) is 4. The van der Waals surface area contributed by atoms with Gasteiger partial charge in [-0.15, -0.1) is 0 Å². The Kier molecular flexibility index (Phi) is 4.23. The second-order valence-electron chi connectivity index (χ2n) is 5.91. The molecule has 1 aliphatic heterocycles. The summed E-state index contributed by atoms with van der Waals surface area (Å²) in [7, 11) is 5.95. The summed E-state index contributed by atoms with van der Waals surface area (Å²) in [6.45, 7) is 3.22. The van der Waals surface area contributed by atoms with Crippen molar-refractivity contribution in [1.82, 2.24) is 0 Å². The third-order valence-corrected chi connectivity index (χ3v) is 3.88. The van der Waals surface area contributed by atoms with E-state index in [1.54, 1.807) is 0 Å². The number of esters is 1. The maximum absolute atomic E-state index is 11.9. The first-order chi connectivity index (χ1) is 9.83. The number of aliphatic hydroxyl groups excluding tert-OH is 1. The number of ether oxygens (including phenoxy) is 1. The van der Waals surface area contributed by atoms with Crippen LogP contribution < -0.4 is 4.90 Å². The van der Waals surface area contributed by atoms with Crippen LogP contribution in [-0.4, -0.2) is 49.9 Å². The van der Waals surface area contributed by atoms with Crippen LogP contribution in [0.3, 0.4) is 0 Å². The van der Waals surface area contributed by atoms with Gasteiger partial charge in [-0.3, -0.25) is 4.48 Å². The molecule has 1 fully saturated rings. The third kappa shape index (κ3) is 3.19. The molecule has 1 atom stereocenters. The highest BCUT2D eigenvalue weighted by atomic mass is 16.5. The summed E-state index contributed by atoms with van der Waals surface area (Å²) >= 11 is 0. The van der Waals surface area contributed by atoms with Crippen molar-refractivity contribution in [3.8, 4) is 0 Å². The van der Waals surface area contributed by atoms with Gasteiger partial charge in [0.05, 0.1) is 7.05 Å². The molecule has 5 nitrogen and oxygen atoms in total. The Bertz CT molecular complexity index is 559. The molecule has 0 aliphatic carbocycles. The van der Waals surface area contributed by atoms with E-state index in [4.69, 9.17) is 4.74 Å². The molecule has 0 radical (unpaired) electrons. The molecule has 0 aromatic heterocycles. The summed E-state index contributed by atoms with van der Waals surface area (Å²) < 4.78 is 5.42. The lowest BCUT2D eigenvalue weighted by atomic mass is 10.1. The van der Waals surface area contributed by atoms with Crippen LogP contribution in [0.4, 0.5) is 5.69 Å². The van der Waals surface area contributed by atoms with Crippen molar-refractivity contribution < 1.29 is 19.1 Å². The van der Waals surface area contributed by atoms with Gasteiger partial charge in [-0.2, -0.15) is 0 Å². The van der Waals surface area contributed by atoms with E-state index in [0.717, 1.165) is 11.3 Å². The topological polar surface area (TPSA) is 49.8 Å². The van der Waals surface area contributed by atoms with E-state index < -0.39 is 5.97 Å².